The average Bonchev–Trinajstić information content (AvgIpc) is 3.01. The van der Waals surface area contributed by atoms with Gasteiger partial charge in [0.2, 0.25) is 0 Å². The fourth-order valence-corrected chi connectivity index (χ4v) is 3.52. The van der Waals surface area contributed by atoms with Crippen molar-refractivity contribution in [3.05, 3.63) is 41.6 Å². The summed E-state index contributed by atoms with van der Waals surface area (Å²) in [5.41, 5.74) is 6.19. The molecule has 0 aromatic carbocycles. The Hall–Kier alpha value is -2.27. The largest absolute Gasteiger partial charge is 0.381 e. The zero-order chi connectivity index (χ0) is 18.7. The van der Waals surface area contributed by atoms with E-state index in [1.54, 1.807) is 7.11 Å². The molecule has 5 heteroatoms. The van der Waals surface area contributed by atoms with E-state index in [0.29, 0.717) is 0 Å². The smallest absolute Gasteiger partial charge is 0.160 e. The van der Waals surface area contributed by atoms with Crippen LogP contribution in [0.1, 0.15) is 43.9 Å². The van der Waals surface area contributed by atoms with Crippen molar-refractivity contribution in [1.82, 2.24) is 19.5 Å². The molecule has 0 aliphatic heterocycles. The minimum Gasteiger partial charge on any atom is -0.381 e. The van der Waals surface area contributed by atoms with Crippen LogP contribution >= 0.6 is 0 Å². The Labute approximate surface area is 155 Å². The second kappa shape index (κ2) is 7.96. The van der Waals surface area contributed by atoms with E-state index in [4.69, 9.17) is 9.72 Å². The van der Waals surface area contributed by atoms with Gasteiger partial charge in [-0.15, -0.1) is 0 Å². The number of rotatable bonds is 7. The molecule has 0 N–H and O–H groups in total. The third kappa shape index (κ3) is 3.49. The molecule has 3 aromatic rings. The predicted octanol–water partition coefficient (Wildman–Crippen LogP) is 4.49. The summed E-state index contributed by atoms with van der Waals surface area (Å²) in [6.45, 7) is 9.24. The van der Waals surface area contributed by atoms with Gasteiger partial charge in [-0.2, -0.15) is 0 Å². The van der Waals surface area contributed by atoms with Gasteiger partial charge >= 0.3 is 0 Å². The van der Waals surface area contributed by atoms with Crippen LogP contribution in [0, 0.1) is 13.8 Å². The summed E-state index contributed by atoms with van der Waals surface area (Å²) in [6.07, 6.45) is 5.00. The molecule has 26 heavy (non-hydrogen) atoms. The van der Waals surface area contributed by atoms with Gasteiger partial charge in [0.05, 0.1) is 6.10 Å². The minimum absolute atomic E-state index is 0.267. The molecule has 3 aromatic heterocycles. The summed E-state index contributed by atoms with van der Waals surface area (Å²) in [5, 5.41) is 0. The average molecular weight is 352 g/mol. The van der Waals surface area contributed by atoms with Crippen molar-refractivity contribution >= 4 is 11.2 Å². The summed E-state index contributed by atoms with van der Waals surface area (Å²) in [4.78, 5) is 14.2. The number of imidazole rings is 1. The van der Waals surface area contributed by atoms with E-state index in [2.05, 4.69) is 47.4 Å². The Morgan fingerprint density at radius 3 is 2.54 bits per heavy atom. The quantitative estimate of drug-likeness (QED) is 0.629. The van der Waals surface area contributed by atoms with Crippen molar-refractivity contribution in [3.63, 3.8) is 0 Å². The Balaban J connectivity index is 2.08. The van der Waals surface area contributed by atoms with Crippen molar-refractivity contribution in [3.8, 4) is 11.1 Å². The molecule has 138 valence electrons. The van der Waals surface area contributed by atoms with Gasteiger partial charge < -0.3 is 9.30 Å². The Morgan fingerprint density at radius 1 is 1.08 bits per heavy atom. The van der Waals surface area contributed by atoms with Crippen molar-refractivity contribution in [2.24, 2.45) is 0 Å². The lowest BCUT2D eigenvalue weighted by Crippen LogP contribution is -2.14. The van der Waals surface area contributed by atoms with Gasteiger partial charge in [0.15, 0.2) is 5.65 Å². The molecule has 3 heterocycles. The number of hydrogen-bond donors (Lipinski definition) is 0. The molecular formula is C21H28N4O. The highest BCUT2D eigenvalue weighted by Crippen LogP contribution is 2.30. The van der Waals surface area contributed by atoms with Gasteiger partial charge in [-0.1, -0.05) is 19.9 Å². The maximum atomic E-state index is 5.54. The van der Waals surface area contributed by atoms with E-state index < -0.39 is 0 Å². The lowest BCUT2D eigenvalue weighted by atomic mass is 10.0. The summed E-state index contributed by atoms with van der Waals surface area (Å²) in [7, 11) is 1.78. The lowest BCUT2D eigenvalue weighted by Gasteiger charge is -2.14. The molecule has 1 unspecified atom stereocenters. The first-order chi connectivity index (χ1) is 12.6. The number of aryl methyl sites for hydroxylation is 4. The number of nitrogens with zero attached hydrogens (tertiary/aromatic N) is 4. The first-order valence-corrected chi connectivity index (χ1v) is 9.40. The van der Waals surface area contributed by atoms with Gasteiger partial charge in [-0.25, -0.2) is 9.97 Å². The van der Waals surface area contributed by atoms with Crippen LogP contribution < -0.4 is 0 Å². The second-order valence-corrected chi connectivity index (χ2v) is 6.70. The van der Waals surface area contributed by atoms with E-state index >= 15 is 0 Å². The molecule has 0 aliphatic carbocycles. The van der Waals surface area contributed by atoms with Gasteiger partial charge in [0.1, 0.15) is 11.3 Å². The molecular weight excluding hydrogens is 324 g/mol. The normalized spacial score (nSPS) is 12.7. The summed E-state index contributed by atoms with van der Waals surface area (Å²) in [5.74, 6) is 1.07. The SMILES string of the molecule is CCc1nc2c(-c3ccc(C)nc3C)ccnc2n1CCC(CC)OC. The van der Waals surface area contributed by atoms with Crippen molar-refractivity contribution in [2.75, 3.05) is 7.11 Å². The van der Waals surface area contributed by atoms with Crippen molar-refractivity contribution in [2.45, 2.75) is 59.6 Å². The number of methoxy groups -OCH3 is 1. The first kappa shape index (κ1) is 18.5. The highest BCUT2D eigenvalue weighted by Gasteiger charge is 2.17. The molecule has 0 amide bonds. The van der Waals surface area contributed by atoms with Gasteiger partial charge in [0, 0.05) is 48.8 Å². The molecule has 3 rings (SSSR count). The first-order valence-electron chi connectivity index (χ1n) is 9.40. The maximum Gasteiger partial charge on any atom is 0.160 e. The highest BCUT2D eigenvalue weighted by molar-refractivity contribution is 5.90. The molecule has 1 atom stereocenters. The molecule has 5 nitrogen and oxygen atoms in total. The van der Waals surface area contributed by atoms with Gasteiger partial charge in [0.25, 0.3) is 0 Å². The van der Waals surface area contributed by atoms with Gasteiger partial charge in [-0.05, 0) is 38.8 Å². The number of hydrogen-bond acceptors (Lipinski definition) is 4. The van der Waals surface area contributed by atoms with E-state index in [1.165, 1.54) is 0 Å². The van der Waals surface area contributed by atoms with Crippen LogP contribution in [0.2, 0.25) is 0 Å². The van der Waals surface area contributed by atoms with Crippen molar-refractivity contribution < 1.29 is 4.74 Å². The zero-order valence-electron chi connectivity index (χ0n) is 16.4. The fourth-order valence-electron chi connectivity index (χ4n) is 3.52. The van der Waals surface area contributed by atoms with E-state index in [0.717, 1.165) is 65.3 Å². The fraction of sp³-hybridized carbons (Fsp3) is 0.476. The van der Waals surface area contributed by atoms with E-state index in [9.17, 15) is 0 Å². The van der Waals surface area contributed by atoms with E-state index in [-0.39, 0.29) is 6.10 Å². The Bertz CT molecular complexity index is 896. The maximum absolute atomic E-state index is 5.54. The van der Waals surface area contributed by atoms with Gasteiger partial charge in [-0.3, -0.25) is 4.98 Å². The van der Waals surface area contributed by atoms with Crippen LogP contribution in [-0.2, 0) is 17.7 Å². The summed E-state index contributed by atoms with van der Waals surface area (Å²) in [6, 6.07) is 6.23. The molecule has 0 bridgehead atoms. The standard InChI is InChI=1S/C21H28N4O/c1-6-16(26-5)11-13-25-19(7-2)24-20-18(10-12-22-21(20)25)17-9-8-14(3)23-15(17)4/h8-10,12,16H,6-7,11,13H2,1-5H3. The number of ether oxygens (including phenoxy) is 1. The molecule has 0 fully saturated rings. The number of aromatic nitrogens is 4. The number of fused-ring (bicyclic) bond motifs is 1. The molecule has 0 spiro atoms. The van der Waals surface area contributed by atoms with Crippen LogP contribution in [0.3, 0.4) is 0 Å². The molecule has 0 saturated carbocycles. The van der Waals surface area contributed by atoms with E-state index in [1.807, 2.05) is 19.2 Å². The summed E-state index contributed by atoms with van der Waals surface area (Å²) < 4.78 is 7.79. The van der Waals surface area contributed by atoms with Crippen LogP contribution in [0.15, 0.2) is 24.4 Å². The third-order valence-electron chi connectivity index (χ3n) is 5.01. The topological polar surface area (TPSA) is 52.8 Å². The third-order valence-corrected chi connectivity index (χ3v) is 5.01. The Kier molecular flexibility index (Phi) is 5.67. The molecule has 0 aliphatic rings. The minimum atomic E-state index is 0.267. The predicted molar refractivity (Wildman–Crippen MR) is 105 cm³/mol. The lowest BCUT2D eigenvalue weighted by molar-refractivity contribution is 0.0883. The number of pyridine rings is 2. The van der Waals surface area contributed by atoms with Crippen LogP contribution in [0.25, 0.3) is 22.3 Å². The highest BCUT2D eigenvalue weighted by atomic mass is 16.5. The monoisotopic (exact) mass is 352 g/mol. The van der Waals surface area contributed by atoms with Crippen molar-refractivity contribution in [1.29, 1.82) is 0 Å². The summed E-state index contributed by atoms with van der Waals surface area (Å²) >= 11 is 0. The molecule has 0 radical (unpaired) electrons. The van der Waals surface area contributed by atoms with Crippen LogP contribution in [0.4, 0.5) is 0 Å². The Morgan fingerprint density at radius 2 is 1.88 bits per heavy atom. The van der Waals surface area contributed by atoms with Crippen LogP contribution in [0.5, 0.6) is 0 Å². The second-order valence-electron chi connectivity index (χ2n) is 6.70. The zero-order valence-corrected chi connectivity index (χ0v) is 16.4. The molecule has 0 saturated heterocycles. The van der Waals surface area contributed by atoms with Crippen LogP contribution in [-0.4, -0.2) is 32.7 Å².